The highest BCUT2D eigenvalue weighted by molar-refractivity contribution is 7.80. The fourth-order valence-electron chi connectivity index (χ4n) is 1.38. The Kier molecular flexibility index (Phi) is 6.41. The summed E-state index contributed by atoms with van der Waals surface area (Å²) in [6.45, 7) is 2.51. The second-order valence-electron chi connectivity index (χ2n) is 3.94. The van der Waals surface area contributed by atoms with Crippen LogP contribution in [0, 0.1) is 0 Å². The van der Waals surface area contributed by atoms with E-state index in [9.17, 15) is 4.79 Å². The minimum Gasteiger partial charge on any atom is -0.389 e. The van der Waals surface area contributed by atoms with Crippen molar-refractivity contribution < 1.29 is 14.3 Å². The Morgan fingerprint density at radius 1 is 1.47 bits per heavy atom. The molecule has 5 nitrogen and oxygen atoms in total. The topological polar surface area (TPSA) is 73.6 Å². The molecule has 0 saturated carbocycles. The summed E-state index contributed by atoms with van der Waals surface area (Å²) in [5.41, 5.74) is 6.88. The van der Waals surface area contributed by atoms with Gasteiger partial charge in [0.25, 0.3) is 5.91 Å². The maximum absolute atomic E-state index is 11.8. The van der Waals surface area contributed by atoms with Gasteiger partial charge in [0, 0.05) is 18.4 Å². The molecule has 0 heterocycles. The zero-order valence-electron chi connectivity index (χ0n) is 11.0. The number of methoxy groups -OCH3 is 1. The molecule has 0 spiro atoms. The molecular formula is C13H18N2O3S. The van der Waals surface area contributed by atoms with Crippen molar-refractivity contribution in [2.45, 2.75) is 13.0 Å². The molecule has 0 aliphatic rings. The number of benzene rings is 1. The number of rotatable bonds is 7. The van der Waals surface area contributed by atoms with Gasteiger partial charge in [0.15, 0.2) is 0 Å². The van der Waals surface area contributed by atoms with Crippen LogP contribution in [0.5, 0.6) is 0 Å². The van der Waals surface area contributed by atoms with Gasteiger partial charge in [-0.25, -0.2) is 0 Å². The predicted octanol–water partition coefficient (Wildman–Crippen LogP) is 1.31. The van der Waals surface area contributed by atoms with Gasteiger partial charge >= 0.3 is 0 Å². The van der Waals surface area contributed by atoms with Gasteiger partial charge in [-0.2, -0.15) is 0 Å². The Morgan fingerprint density at radius 3 is 2.84 bits per heavy atom. The van der Waals surface area contributed by atoms with Gasteiger partial charge in [0.1, 0.15) is 11.1 Å². The molecule has 0 saturated heterocycles. The van der Waals surface area contributed by atoms with Crippen molar-refractivity contribution in [3.63, 3.8) is 0 Å². The van der Waals surface area contributed by atoms with Gasteiger partial charge in [-0.3, -0.25) is 4.79 Å². The van der Waals surface area contributed by atoms with E-state index >= 15 is 0 Å². The fraction of sp³-hybridized carbons (Fsp3) is 0.385. The van der Waals surface area contributed by atoms with Crippen LogP contribution < -0.4 is 11.1 Å². The van der Waals surface area contributed by atoms with Crippen LogP contribution in [0.4, 0.5) is 5.69 Å². The van der Waals surface area contributed by atoms with Crippen molar-refractivity contribution in [3.8, 4) is 0 Å². The lowest BCUT2D eigenvalue weighted by atomic mass is 10.2. The van der Waals surface area contributed by atoms with Crippen LogP contribution in [-0.2, 0) is 14.3 Å². The predicted molar refractivity (Wildman–Crippen MR) is 78.2 cm³/mol. The smallest absolute Gasteiger partial charge is 0.253 e. The van der Waals surface area contributed by atoms with Gasteiger partial charge in [0.2, 0.25) is 0 Å². The summed E-state index contributed by atoms with van der Waals surface area (Å²) in [4.78, 5) is 12.1. The maximum Gasteiger partial charge on any atom is 0.253 e. The van der Waals surface area contributed by atoms with Gasteiger partial charge in [0.05, 0.1) is 13.2 Å². The number of thiocarbonyl (C=S) groups is 1. The molecule has 1 amide bonds. The highest BCUT2D eigenvalue weighted by Gasteiger charge is 2.13. The minimum absolute atomic E-state index is 0.226. The number of carbonyl (C=O) groups is 1. The monoisotopic (exact) mass is 282 g/mol. The van der Waals surface area contributed by atoms with E-state index in [0.717, 1.165) is 0 Å². The molecule has 0 radical (unpaired) electrons. The molecule has 1 atom stereocenters. The first-order valence-electron chi connectivity index (χ1n) is 5.86. The van der Waals surface area contributed by atoms with Gasteiger partial charge in [-0.15, -0.1) is 0 Å². The van der Waals surface area contributed by atoms with Crippen LogP contribution in [0.15, 0.2) is 24.3 Å². The highest BCUT2D eigenvalue weighted by atomic mass is 32.1. The highest BCUT2D eigenvalue weighted by Crippen LogP contribution is 2.11. The third-order valence-corrected chi connectivity index (χ3v) is 2.67. The zero-order chi connectivity index (χ0) is 14.3. The number of nitrogens with one attached hydrogen (secondary N) is 1. The largest absolute Gasteiger partial charge is 0.389 e. The number of anilines is 1. The Bertz CT molecular complexity index is 451. The Balaban J connectivity index is 2.56. The molecule has 1 aromatic carbocycles. The van der Waals surface area contributed by atoms with Gasteiger partial charge < -0.3 is 20.5 Å². The van der Waals surface area contributed by atoms with Crippen LogP contribution >= 0.6 is 12.2 Å². The molecule has 0 aliphatic carbocycles. The van der Waals surface area contributed by atoms with Crippen LogP contribution in [-0.4, -0.2) is 37.3 Å². The Labute approximate surface area is 118 Å². The lowest BCUT2D eigenvalue weighted by Crippen LogP contribution is -2.28. The van der Waals surface area contributed by atoms with E-state index in [4.69, 9.17) is 27.4 Å². The lowest BCUT2D eigenvalue weighted by Gasteiger charge is -2.13. The SMILES string of the molecule is COCCOC(C)C(=O)Nc1cccc(C(N)=S)c1. The molecule has 0 fully saturated rings. The van der Waals surface area contributed by atoms with Crippen molar-refractivity contribution in [1.29, 1.82) is 0 Å². The molecule has 6 heteroatoms. The zero-order valence-corrected chi connectivity index (χ0v) is 11.8. The fourth-order valence-corrected chi connectivity index (χ4v) is 1.50. The quantitative estimate of drug-likeness (QED) is 0.583. The van der Waals surface area contributed by atoms with Crippen molar-refractivity contribution >= 4 is 28.8 Å². The maximum atomic E-state index is 11.8. The molecule has 1 rings (SSSR count). The second-order valence-corrected chi connectivity index (χ2v) is 4.38. The average Bonchev–Trinajstić information content (AvgIpc) is 2.39. The Hall–Kier alpha value is -1.50. The normalized spacial score (nSPS) is 11.9. The summed E-state index contributed by atoms with van der Waals surface area (Å²) in [5, 5.41) is 2.74. The first-order valence-corrected chi connectivity index (χ1v) is 6.26. The van der Waals surface area contributed by atoms with Crippen molar-refractivity contribution in [3.05, 3.63) is 29.8 Å². The second kappa shape index (κ2) is 7.83. The summed E-state index contributed by atoms with van der Waals surface area (Å²) >= 11 is 4.88. The lowest BCUT2D eigenvalue weighted by molar-refractivity contribution is -0.127. The summed E-state index contributed by atoms with van der Waals surface area (Å²) < 4.78 is 10.2. The summed E-state index contributed by atoms with van der Waals surface area (Å²) in [6.07, 6.45) is -0.552. The number of hydrogen-bond acceptors (Lipinski definition) is 4. The van der Waals surface area contributed by atoms with E-state index in [0.29, 0.717) is 29.5 Å². The first-order chi connectivity index (χ1) is 9.04. The number of amides is 1. The van der Waals surface area contributed by atoms with Crippen molar-refractivity contribution in [1.82, 2.24) is 0 Å². The third kappa shape index (κ3) is 5.34. The molecule has 1 aromatic rings. The molecular weight excluding hydrogens is 264 g/mol. The third-order valence-electron chi connectivity index (χ3n) is 2.44. The van der Waals surface area contributed by atoms with Crippen LogP contribution in [0.2, 0.25) is 0 Å². The van der Waals surface area contributed by atoms with Crippen molar-refractivity contribution in [2.75, 3.05) is 25.6 Å². The minimum atomic E-state index is -0.552. The van der Waals surface area contributed by atoms with E-state index < -0.39 is 6.10 Å². The van der Waals surface area contributed by atoms with E-state index in [1.807, 2.05) is 0 Å². The van der Waals surface area contributed by atoms with Crippen LogP contribution in [0.3, 0.4) is 0 Å². The number of hydrogen-bond donors (Lipinski definition) is 2. The molecule has 0 aromatic heterocycles. The van der Waals surface area contributed by atoms with Crippen LogP contribution in [0.25, 0.3) is 0 Å². The van der Waals surface area contributed by atoms with Gasteiger partial charge in [-0.05, 0) is 19.1 Å². The average molecular weight is 282 g/mol. The molecule has 3 N–H and O–H groups in total. The molecule has 1 unspecified atom stereocenters. The van der Waals surface area contributed by atoms with Crippen LogP contribution in [0.1, 0.15) is 12.5 Å². The summed E-state index contributed by atoms with van der Waals surface area (Å²) in [5.74, 6) is -0.226. The first kappa shape index (κ1) is 15.6. The standard InChI is InChI=1S/C13H18N2O3S/c1-9(18-7-6-17-2)13(16)15-11-5-3-4-10(8-11)12(14)19/h3-5,8-9H,6-7H2,1-2H3,(H2,14,19)(H,15,16). The van der Waals surface area contributed by atoms with Crippen molar-refractivity contribution in [2.24, 2.45) is 5.73 Å². The van der Waals surface area contributed by atoms with E-state index in [2.05, 4.69) is 5.32 Å². The molecule has 19 heavy (non-hydrogen) atoms. The van der Waals surface area contributed by atoms with E-state index in [-0.39, 0.29) is 5.91 Å². The number of ether oxygens (including phenoxy) is 2. The number of carbonyl (C=O) groups excluding carboxylic acids is 1. The molecule has 0 aliphatic heterocycles. The molecule has 104 valence electrons. The Morgan fingerprint density at radius 2 is 2.21 bits per heavy atom. The summed E-state index contributed by atoms with van der Waals surface area (Å²) in [7, 11) is 1.58. The van der Waals surface area contributed by atoms with E-state index in [1.54, 1.807) is 38.3 Å². The number of nitrogens with two attached hydrogens (primary N) is 1. The van der Waals surface area contributed by atoms with E-state index in [1.165, 1.54) is 0 Å². The van der Waals surface area contributed by atoms with Gasteiger partial charge in [-0.1, -0.05) is 24.4 Å². The summed E-state index contributed by atoms with van der Waals surface area (Å²) in [6, 6.07) is 7.06. The molecule has 0 bridgehead atoms.